The van der Waals surface area contributed by atoms with Crippen molar-refractivity contribution in [3.8, 4) is 11.6 Å². The minimum Gasteiger partial charge on any atom is -0.481 e. The summed E-state index contributed by atoms with van der Waals surface area (Å²) in [5.41, 5.74) is 4.15. The summed E-state index contributed by atoms with van der Waals surface area (Å²) >= 11 is 0. The number of pyridine rings is 2. The molecule has 1 aromatic carbocycles. The fraction of sp³-hybridized carbons (Fsp3) is 0.318. The van der Waals surface area contributed by atoms with Gasteiger partial charge in [-0.05, 0) is 31.9 Å². The van der Waals surface area contributed by atoms with Crippen LogP contribution in [-0.2, 0) is 4.74 Å². The van der Waals surface area contributed by atoms with Crippen molar-refractivity contribution in [3.05, 3.63) is 58.1 Å². The summed E-state index contributed by atoms with van der Waals surface area (Å²) in [6, 6.07) is 8.11. The Morgan fingerprint density at radius 3 is 2.76 bits per heavy atom. The number of aromatic nitrogens is 4. The monoisotopic (exact) mass is 390 g/mol. The summed E-state index contributed by atoms with van der Waals surface area (Å²) in [6.07, 6.45) is 4.32. The maximum absolute atomic E-state index is 13.7. The van der Waals surface area contributed by atoms with Crippen molar-refractivity contribution < 1.29 is 9.47 Å². The molecule has 4 aromatic rings. The highest BCUT2D eigenvalue weighted by Gasteiger charge is 2.24. The third kappa shape index (κ3) is 2.57. The van der Waals surface area contributed by atoms with E-state index >= 15 is 0 Å². The summed E-state index contributed by atoms with van der Waals surface area (Å²) in [7, 11) is 1.59. The molecule has 0 bridgehead atoms. The van der Waals surface area contributed by atoms with Crippen LogP contribution in [-0.4, -0.2) is 39.7 Å². The van der Waals surface area contributed by atoms with E-state index in [9.17, 15) is 4.79 Å². The Hall–Kier alpha value is -3.19. The van der Waals surface area contributed by atoms with Gasteiger partial charge in [0.2, 0.25) is 5.88 Å². The van der Waals surface area contributed by atoms with E-state index < -0.39 is 0 Å². The SMILES string of the molecule is COc1ncc(C)c(-n2c(=O)c3cnn([C@H]4CCOC4)c3c3ccccc32)c1C. The van der Waals surface area contributed by atoms with Gasteiger partial charge in [-0.1, -0.05) is 18.2 Å². The molecule has 1 aliphatic heterocycles. The van der Waals surface area contributed by atoms with E-state index in [1.165, 1.54) is 0 Å². The van der Waals surface area contributed by atoms with Crippen LogP contribution in [0.25, 0.3) is 27.5 Å². The van der Waals surface area contributed by atoms with Crippen LogP contribution in [0.1, 0.15) is 23.6 Å². The van der Waals surface area contributed by atoms with Gasteiger partial charge in [0.25, 0.3) is 5.56 Å². The number of hydrogen-bond donors (Lipinski definition) is 0. The summed E-state index contributed by atoms with van der Waals surface area (Å²) in [6.45, 7) is 5.22. The minimum absolute atomic E-state index is 0.0941. The molecule has 7 heteroatoms. The highest BCUT2D eigenvalue weighted by Crippen LogP contribution is 2.32. The van der Waals surface area contributed by atoms with Gasteiger partial charge >= 0.3 is 0 Å². The molecule has 0 radical (unpaired) electrons. The van der Waals surface area contributed by atoms with Crippen molar-refractivity contribution in [3.63, 3.8) is 0 Å². The van der Waals surface area contributed by atoms with Crippen molar-refractivity contribution in [2.75, 3.05) is 20.3 Å². The first-order chi connectivity index (χ1) is 14.1. The second-order valence-corrected chi connectivity index (χ2v) is 7.45. The third-order valence-corrected chi connectivity index (χ3v) is 5.72. The van der Waals surface area contributed by atoms with Crippen LogP contribution < -0.4 is 10.3 Å². The smallest absolute Gasteiger partial charge is 0.266 e. The quantitative estimate of drug-likeness (QED) is 0.537. The zero-order chi connectivity index (χ0) is 20.1. The summed E-state index contributed by atoms with van der Waals surface area (Å²) < 4.78 is 14.7. The molecule has 1 aliphatic rings. The molecule has 0 aliphatic carbocycles. The number of rotatable bonds is 3. The van der Waals surface area contributed by atoms with Crippen molar-refractivity contribution in [2.45, 2.75) is 26.3 Å². The number of ether oxygens (including phenoxy) is 2. The number of methoxy groups -OCH3 is 1. The van der Waals surface area contributed by atoms with Crippen LogP contribution in [0.15, 0.2) is 41.5 Å². The molecule has 3 aromatic heterocycles. The first-order valence-electron chi connectivity index (χ1n) is 9.71. The van der Waals surface area contributed by atoms with Gasteiger partial charge in [-0.3, -0.25) is 14.0 Å². The van der Waals surface area contributed by atoms with E-state index in [2.05, 4.69) is 10.1 Å². The highest BCUT2D eigenvalue weighted by atomic mass is 16.5. The molecule has 0 spiro atoms. The van der Waals surface area contributed by atoms with Gasteiger partial charge in [0, 0.05) is 23.8 Å². The molecule has 5 rings (SSSR count). The fourth-order valence-electron chi connectivity index (χ4n) is 4.36. The van der Waals surface area contributed by atoms with E-state index in [-0.39, 0.29) is 11.6 Å². The van der Waals surface area contributed by atoms with Gasteiger partial charge < -0.3 is 9.47 Å². The average Bonchev–Trinajstić information content (AvgIpc) is 3.40. The minimum atomic E-state index is -0.0941. The molecule has 1 atom stereocenters. The van der Waals surface area contributed by atoms with Crippen LogP contribution >= 0.6 is 0 Å². The lowest BCUT2D eigenvalue weighted by Gasteiger charge is -2.18. The second-order valence-electron chi connectivity index (χ2n) is 7.45. The predicted octanol–water partition coefficient (Wildman–Crippen LogP) is 3.32. The Morgan fingerprint density at radius 1 is 1.17 bits per heavy atom. The Kier molecular flexibility index (Phi) is 4.13. The van der Waals surface area contributed by atoms with Gasteiger partial charge in [-0.25, -0.2) is 4.98 Å². The normalized spacial score (nSPS) is 16.7. The summed E-state index contributed by atoms with van der Waals surface area (Å²) in [5, 5.41) is 6.18. The first kappa shape index (κ1) is 17.9. The first-order valence-corrected chi connectivity index (χ1v) is 9.71. The van der Waals surface area contributed by atoms with Crippen LogP contribution in [0.4, 0.5) is 0 Å². The number of aryl methyl sites for hydroxylation is 1. The number of hydrogen-bond acceptors (Lipinski definition) is 5. The van der Waals surface area contributed by atoms with Crippen LogP contribution in [0.3, 0.4) is 0 Å². The van der Waals surface area contributed by atoms with Crippen molar-refractivity contribution in [2.24, 2.45) is 0 Å². The maximum Gasteiger partial charge on any atom is 0.266 e. The Morgan fingerprint density at radius 2 is 2.00 bits per heavy atom. The van der Waals surface area contributed by atoms with Gasteiger partial charge in [0.05, 0.1) is 48.1 Å². The van der Waals surface area contributed by atoms with Gasteiger partial charge in [-0.2, -0.15) is 5.10 Å². The molecule has 4 heterocycles. The molecular formula is C22H22N4O3. The van der Waals surface area contributed by atoms with E-state index in [4.69, 9.17) is 9.47 Å². The van der Waals surface area contributed by atoms with E-state index in [1.54, 1.807) is 24.1 Å². The van der Waals surface area contributed by atoms with E-state index in [1.807, 2.05) is 42.8 Å². The molecule has 148 valence electrons. The maximum atomic E-state index is 13.7. The molecule has 29 heavy (non-hydrogen) atoms. The second kappa shape index (κ2) is 6.70. The Bertz CT molecular complexity index is 1300. The van der Waals surface area contributed by atoms with Crippen LogP contribution in [0.2, 0.25) is 0 Å². The molecule has 0 unspecified atom stereocenters. The largest absolute Gasteiger partial charge is 0.481 e. The lowest BCUT2D eigenvalue weighted by atomic mass is 10.1. The third-order valence-electron chi connectivity index (χ3n) is 5.72. The van der Waals surface area contributed by atoms with Crippen molar-refractivity contribution >= 4 is 21.8 Å². The predicted molar refractivity (Wildman–Crippen MR) is 111 cm³/mol. The lowest BCUT2D eigenvalue weighted by molar-refractivity contribution is 0.185. The average molecular weight is 390 g/mol. The highest BCUT2D eigenvalue weighted by molar-refractivity contribution is 6.04. The van der Waals surface area contributed by atoms with Crippen molar-refractivity contribution in [1.82, 2.24) is 19.3 Å². The topological polar surface area (TPSA) is 71.2 Å². The zero-order valence-electron chi connectivity index (χ0n) is 16.7. The van der Waals surface area contributed by atoms with Gasteiger partial charge in [0.1, 0.15) is 0 Å². The van der Waals surface area contributed by atoms with Crippen LogP contribution in [0, 0.1) is 13.8 Å². The molecule has 7 nitrogen and oxygen atoms in total. The Labute approximate surface area is 167 Å². The zero-order valence-corrected chi connectivity index (χ0v) is 16.7. The van der Waals surface area contributed by atoms with Crippen LogP contribution in [0.5, 0.6) is 5.88 Å². The lowest BCUT2D eigenvalue weighted by Crippen LogP contribution is -2.22. The van der Waals surface area contributed by atoms with Crippen molar-refractivity contribution in [1.29, 1.82) is 0 Å². The van der Waals surface area contributed by atoms with Gasteiger partial charge in [-0.15, -0.1) is 0 Å². The number of benzene rings is 1. The number of fused-ring (bicyclic) bond motifs is 3. The standard InChI is InChI=1S/C22H22N4O3/c1-13-10-23-21(28-3)14(2)19(13)25-18-7-5-4-6-16(18)20-17(22(25)27)11-24-26(20)15-8-9-29-12-15/h4-7,10-11,15H,8-9,12H2,1-3H3/t15-/m0/s1. The summed E-state index contributed by atoms with van der Waals surface area (Å²) in [4.78, 5) is 18.0. The molecule has 0 N–H and O–H groups in total. The fourth-order valence-corrected chi connectivity index (χ4v) is 4.36. The Balaban J connectivity index is 1.92. The van der Waals surface area contributed by atoms with E-state index in [0.29, 0.717) is 17.9 Å². The molecular weight excluding hydrogens is 368 g/mol. The summed E-state index contributed by atoms with van der Waals surface area (Å²) in [5.74, 6) is 0.514. The number of nitrogens with zero attached hydrogens (tertiary/aromatic N) is 4. The number of para-hydroxylation sites is 1. The molecule has 0 amide bonds. The van der Waals surface area contributed by atoms with E-state index in [0.717, 1.165) is 46.3 Å². The molecule has 1 saturated heterocycles. The molecule has 0 saturated carbocycles. The van der Waals surface area contributed by atoms with Gasteiger partial charge in [0.15, 0.2) is 0 Å². The molecule has 1 fully saturated rings.